The molecule has 2 nitrogen and oxygen atoms in total. The molecule has 0 aromatic carbocycles. The van der Waals surface area contributed by atoms with Crippen molar-refractivity contribution in [2.45, 2.75) is 51.9 Å². The maximum absolute atomic E-state index is 11.4. The van der Waals surface area contributed by atoms with E-state index in [1.54, 1.807) is 0 Å². The zero-order valence-corrected chi connectivity index (χ0v) is 10.8. The third kappa shape index (κ3) is 4.56. The van der Waals surface area contributed by atoms with E-state index in [1.807, 2.05) is 6.92 Å². The van der Waals surface area contributed by atoms with Crippen molar-refractivity contribution >= 4 is 17.4 Å². The Hall–Kier alpha value is -0.500. The summed E-state index contributed by atoms with van der Waals surface area (Å²) in [5.74, 6) is 1.93. The lowest BCUT2D eigenvalue weighted by molar-refractivity contribution is -0.116. The standard InChI is InChI=1S/C13H21ClO2/c1-11-12(15)7-6-8-13(11)16-10-5-3-2-4-9-14/h2-10H2,1H3. The van der Waals surface area contributed by atoms with Crippen molar-refractivity contribution < 1.29 is 9.53 Å². The summed E-state index contributed by atoms with van der Waals surface area (Å²) in [7, 11) is 0. The second-order valence-corrected chi connectivity index (χ2v) is 4.65. The minimum atomic E-state index is 0.253. The van der Waals surface area contributed by atoms with Gasteiger partial charge < -0.3 is 4.74 Å². The number of hydrogen-bond acceptors (Lipinski definition) is 2. The van der Waals surface area contributed by atoms with Gasteiger partial charge in [0.25, 0.3) is 0 Å². The molecule has 0 heterocycles. The van der Waals surface area contributed by atoms with E-state index in [0.29, 0.717) is 6.42 Å². The summed E-state index contributed by atoms with van der Waals surface area (Å²) in [6, 6.07) is 0. The minimum Gasteiger partial charge on any atom is -0.498 e. The fraction of sp³-hybridized carbons (Fsp3) is 0.769. The Balaban J connectivity index is 2.17. The van der Waals surface area contributed by atoms with Gasteiger partial charge in [-0.15, -0.1) is 11.6 Å². The van der Waals surface area contributed by atoms with Crippen LogP contribution in [0.3, 0.4) is 0 Å². The largest absolute Gasteiger partial charge is 0.498 e. The number of alkyl halides is 1. The number of allylic oxidation sites excluding steroid dienone is 2. The summed E-state index contributed by atoms with van der Waals surface area (Å²) in [6.07, 6.45) is 7.03. The van der Waals surface area contributed by atoms with Crippen LogP contribution in [0.1, 0.15) is 51.9 Å². The van der Waals surface area contributed by atoms with E-state index in [0.717, 1.165) is 55.9 Å². The van der Waals surface area contributed by atoms with Crippen LogP contribution in [0.2, 0.25) is 0 Å². The molecular weight excluding hydrogens is 224 g/mol. The summed E-state index contributed by atoms with van der Waals surface area (Å²) < 4.78 is 5.67. The third-order valence-electron chi connectivity index (χ3n) is 2.95. The van der Waals surface area contributed by atoms with Crippen LogP contribution in [-0.4, -0.2) is 18.3 Å². The van der Waals surface area contributed by atoms with E-state index in [4.69, 9.17) is 16.3 Å². The van der Waals surface area contributed by atoms with Crippen molar-refractivity contribution in [3.05, 3.63) is 11.3 Å². The molecule has 92 valence electrons. The van der Waals surface area contributed by atoms with Gasteiger partial charge in [-0.1, -0.05) is 12.8 Å². The Morgan fingerprint density at radius 1 is 1.19 bits per heavy atom. The van der Waals surface area contributed by atoms with E-state index in [9.17, 15) is 4.79 Å². The third-order valence-corrected chi connectivity index (χ3v) is 3.22. The van der Waals surface area contributed by atoms with Crippen LogP contribution in [0.5, 0.6) is 0 Å². The highest BCUT2D eigenvalue weighted by molar-refractivity contribution is 6.17. The summed E-state index contributed by atoms with van der Waals surface area (Å²) in [5.41, 5.74) is 0.840. The Bertz CT molecular complexity index is 259. The first kappa shape index (κ1) is 13.6. The zero-order valence-electron chi connectivity index (χ0n) is 10.1. The molecule has 0 radical (unpaired) electrons. The highest BCUT2D eigenvalue weighted by Gasteiger charge is 2.17. The van der Waals surface area contributed by atoms with Gasteiger partial charge in [-0.3, -0.25) is 4.79 Å². The molecule has 0 N–H and O–H groups in total. The van der Waals surface area contributed by atoms with Gasteiger partial charge in [0.1, 0.15) is 5.76 Å². The van der Waals surface area contributed by atoms with Crippen LogP contribution in [0.25, 0.3) is 0 Å². The predicted molar refractivity (Wildman–Crippen MR) is 66.7 cm³/mol. The number of unbranched alkanes of at least 4 members (excludes halogenated alkanes) is 3. The number of ketones is 1. The molecule has 0 atom stereocenters. The van der Waals surface area contributed by atoms with Gasteiger partial charge in [0.15, 0.2) is 5.78 Å². The van der Waals surface area contributed by atoms with Crippen molar-refractivity contribution in [3.8, 4) is 0 Å². The van der Waals surface area contributed by atoms with E-state index < -0.39 is 0 Å². The van der Waals surface area contributed by atoms with Gasteiger partial charge in [0.05, 0.1) is 6.61 Å². The first-order valence-corrected chi connectivity index (χ1v) is 6.71. The molecule has 1 aliphatic rings. The van der Waals surface area contributed by atoms with Gasteiger partial charge in [-0.05, 0) is 26.2 Å². The number of hydrogen-bond donors (Lipinski definition) is 0. The fourth-order valence-corrected chi connectivity index (χ4v) is 2.05. The van der Waals surface area contributed by atoms with Gasteiger partial charge in [0.2, 0.25) is 0 Å². The van der Waals surface area contributed by atoms with Crippen LogP contribution < -0.4 is 0 Å². The SMILES string of the molecule is CC1=C(OCCCCCCCl)CCCC1=O. The molecule has 0 aromatic heterocycles. The molecule has 0 aromatic rings. The smallest absolute Gasteiger partial charge is 0.161 e. The number of ether oxygens (including phenoxy) is 1. The van der Waals surface area contributed by atoms with Crippen LogP contribution in [0.15, 0.2) is 11.3 Å². The van der Waals surface area contributed by atoms with Crippen LogP contribution >= 0.6 is 11.6 Å². The lowest BCUT2D eigenvalue weighted by Gasteiger charge is -2.17. The number of Topliss-reactive ketones (excluding diaryl/α,β-unsaturated/α-hetero) is 1. The molecule has 0 fully saturated rings. The first-order valence-electron chi connectivity index (χ1n) is 6.17. The van der Waals surface area contributed by atoms with Gasteiger partial charge >= 0.3 is 0 Å². The van der Waals surface area contributed by atoms with Crippen molar-refractivity contribution in [1.82, 2.24) is 0 Å². The molecule has 0 unspecified atom stereocenters. The molecule has 0 bridgehead atoms. The normalized spacial score (nSPS) is 16.8. The molecule has 0 spiro atoms. The highest BCUT2D eigenvalue weighted by atomic mass is 35.5. The molecule has 0 saturated carbocycles. The lowest BCUT2D eigenvalue weighted by Crippen LogP contribution is -2.11. The molecule has 0 aliphatic heterocycles. The Kier molecular flexibility index (Phi) is 6.55. The Morgan fingerprint density at radius 2 is 1.94 bits per heavy atom. The number of halogens is 1. The summed E-state index contributed by atoms with van der Waals surface area (Å²) in [5, 5.41) is 0. The van der Waals surface area contributed by atoms with Crippen molar-refractivity contribution in [3.63, 3.8) is 0 Å². The van der Waals surface area contributed by atoms with E-state index >= 15 is 0 Å². The predicted octanol–water partition coefficient (Wildman–Crippen LogP) is 3.83. The van der Waals surface area contributed by atoms with E-state index in [2.05, 4.69) is 0 Å². The van der Waals surface area contributed by atoms with Crippen molar-refractivity contribution in [2.75, 3.05) is 12.5 Å². The number of carbonyl (C=O) groups is 1. The van der Waals surface area contributed by atoms with Crippen molar-refractivity contribution in [1.29, 1.82) is 0 Å². The monoisotopic (exact) mass is 244 g/mol. The molecule has 16 heavy (non-hydrogen) atoms. The summed E-state index contributed by atoms with van der Waals surface area (Å²) in [6.45, 7) is 2.62. The van der Waals surface area contributed by atoms with Gasteiger partial charge in [0, 0.05) is 24.3 Å². The quantitative estimate of drug-likeness (QED) is 0.503. The molecule has 1 rings (SSSR count). The summed E-state index contributed by atoms with van der Waals surface area (Å²) >= 11 is 5.60. The molecule has 1 aliphatic carbocycles. The van der Waals surface area contributed by atoms with Crippen LogP contribution in [0, 0.1) is 0 Å². The average Bonchev–Trinajstić information content (AvgIpc) is 2.29. The fourth-order valence-electron chi connectivity index (χ4n) is 1.87. The molecule has 3 heteroatoms. The van der Waals surface area contributed by atoms with E-state index in [1.165, 1.54) is 6.42 Å². The highest BCUT2D eigenvalue weighted by Crippen LogP contribution is 2.22. The maximum Gasteiger partial charge on any atom is 0.161 e. The average molecular weight is 245 g/mol. The van der Waals surface area contributed by atoms with Crippen molar-refractivity contribution in [2.24, 2.45) is 0 Å². The van der Waals surface area contributed by atoms with E-state index in [-0.39, 0.29) is 5.78 Å². The molecular formula is C13H21ClO2. The first-order chi connectivity index (χ1) is 7.75. The number of carbonyl (C=O) groups excluding carboxylic acids is 1. The summed E-state index contributed by atoms with van der Waals surface area (Å²) in [4.78, 5) is 11.4. The maximum atomic E-state index is 11.4. The molecule has 0 saturated heterocycles. The Labute approximate surface area is 103 Å². The topological polar surface area (TPSA) is 26.3 Å². The second kappa shape index (κ2) is 7.72. The minimum absolute atomic E-state index is 0.253. The van der Waals surface area contributed by atoms with Gasteiger partial charge in [-0.25, -0.2) is 0 Å². The van der Waals surface area contributed by atoms with Crippen LogP contribution in [0.4, 0.5) is 0 Å². The number of rotatable bonds is 7. The Morgan fingerprint density at radius 3 is 2.69 bits per heavy atom. The van der Waals surface area contributed by atoms with Crippen LogP contribution in [-0.2, 0) is 9.53 Å². The molecule has 0 amide bonds. The zero-order chi connectivity index (χ0) is 11.8. The second-order valence-electron chi connectivity index (χ2n) is 4.28. The van der Waals surface area contributed by atoms with Gasteiger partial charge in [-0.2, -0.15) is 0 Å². The lowest BCUT2D eigenvalue weighted by atomic mass is 9.98.